The maximum atomic E-state index is 12.3. The molecule has 0 bridgehead atoms. The first-order valence-electron chi connectivity index (χ1n) is 7.49. The number of carbonyl (C=O) groups is 2. The third-order valence-electron chi connectivity index (χ3n) is 3.49. The Bertz CT molecular complexity index is 694. The number of hydrogen-bond donors (Lipinski definition) is 3. The number of nitrogens with two attached hydrogens (primary N) is 1. The molecule has 0 spiro atoms. The number of primary amides is 1. The minimum atomic E-state index is -0.572. The van der Waals surface area contributed by atoms with E-state index in [1.165, 1.54) is 5.56 Å². The van der Waals surface area contributed by atoms with Crippen molar-refractivity contribution >= 4 is 17.6 Å². The van der Waals surface area contributed by atoms with Crippen LogP contribution >= 0.6 is 0 Å². The number of benzene rings is 2. The molecule has 3 amide bonds. The van der Waals surface area contributed by atoms with Crippen molar-refractivity contribution in [1.29, 1.82) is 0 Å². The van der Waals surface area contributed by atoms with Gasteiger partial charge in [-0.2, -0.15) is 0 Å². The van der Waals surface area contributed by atoms with Crippen molar-refractivity contribution < 1.29 is 9.59 Å². The van der Waals surface area contributed by atoms with Crippen molar-refractivity contribution in [3.8, 4) is 0 Å². The second kappa shape index (κ2) is 7.45. The molecular formula is C18H21N3O2. The highest BCUT2D eigenvalue weighted by Crippen LogP contribution is 2.19. The number of amides is 3. The van der Waals surface area contributed by atoms with Crippen LogP contribution in [-0.4, -0.2) is 11.9 Å². The quantitative estimate of drug-likeness (QED) is 0.792. The Kier molecular flexibility index (Phi) is 5.36. The van der Waals surface area contributed by atoms with E-state index in [-0.39, 0.29) is 5.91 Å². The lowest BCUT2D eigenvalue weighted by Gasteiger charge is -2.10. The fourth-order valence-corrected chi connectivity index (χ4v) is 2.14. The molecule has 0 fully saturated rings. The van der Waals surface area contributed by atoms with Crippen LogP contribution in [0.1, 0.15) is 41.3 Å². The lowest BCUT2D eigenvalue weighted by Crippen LogP contribution is -2.28. The molecule has 0 radical (unpaired) electrons. The number of urea groups is 1. The molecular weight excluding hydrogens is 290 g/mol. The summed E-state index contributed by atoms with van der Waals surface area (Å²) in [6, 6.07) is 14.3. The van der Waals surface area contributed by atoms with Crippen LogP contribution in [0, 0.1) is 0 Å². The molecule has 0 aliphatic heterocycles. The Morgan fingerprint density at radius 1 is 1.09 bits per heavy atom. The molecule has 0 heterocycles. The van der Waals surface area contributed by atoms with Crippen molar-refractivity contribution in [2.75, 3.05) is 5.32 Å². The zero-order valence-electron chi connectivity index (χ0n) is 13.3. The summed E-state index contributed by atoms with van der Waals surface area (Å²) in [5.74, 6) is 0.240. The monoisotopic (exact) mass is 311 g/mol. The number of carbonyl (C=O) groups excluding carboxylic acids is 2. The van der Waals surface area contributed by atoms with E-state index in [0.717, 1.165) is 11.3 Å². The van der Waals surface area contributed by atoms with E-state index in [0.29, 0.717) is 18.0 Å². The molecule has 0 saturated heterocycles. The zero-order valence-corrected chi connectivity index (χ0v) is 13.3. The van der Waals surface area contributed by atoms with Gasteiger partial charge in [0.05, 0.1) is 0 Å². The summed E-state index contributed by atoms with van der Waals surface area (Å²) < 4.78 is 0. The SMILES string of the molecule is CC(C)c1cccc(NC(=O)c2ccc(CNC(N)=O)cc2)c1. The van der Waals surface area contributed by atoms with Gasteiger partial charge in [0, 0.05) is 17.8 Å². The van der Waals surface area contributed by atoms with Gasteiger partial charge in [-0.1, -0.05) is 38.1 Å². The number of hydrogen-bond acceptors (Lipinski definition) is 2. The summed E-state index contributed by atoms with van der Waals surface area (Å²) in [7, 11) is 0. The number of rotatable bonds is 5. The Hall–Kier alpha value is -2.82. The number of nitrogens with one attached hydrogen (secondary N) is 2. The van der Waals surface area contributed by atoms with Crippen LogP contribution in [0.3, 0.4) is 0 Å². The van der Waals surface area contributed by atoms with Crippen molar-refractivity contribution in [2.45, 2.75) is 26.3 Å². The van der Waals surface area contributed by atoms with Gasteiger partial charge in [-0.05, 0) is 41.3 Å². The molecule has 5 nitrogen and oxygen atoms in total. The zero-order chi connectivity index (χ0) is 16.8. The van der Waals surface area contributed by atoms with Crippen molar-refractivity contribution in [3.05, 3.63) is 65.2 Å². The molecule has 2 aromatic carbocycles. The van der Waals surface area contributed by atoms with Gasteiger partial charge in [0.15, 0.2) is 0 Å². The molecule has 2 aromatic rings. The highest BCUT2D eigenvalue weighted by atomic mass is 16.2. The minimum absolute atomic E-state index is 0.166. The Morgan fingerprint density at radius 3 is 2.39 bits per heavy atom. The van der Waals surface area contributed by atoms with Gasteiger partial charge in [-0.25, -0.2) is 4.79 Å². The molecule has 4 N–H and O–H groups in total. The third kappa shape index (κ3) is 4.85. The van der Waals surface area contributed by atoms with Gasteiger partial charge in [0.25, 0.3) is 5.91 Å². The lowest BCUT2D eigenvalue weighted by molar-refractivity contribution is 0.102. The van der Waals surface area contributed by atoms with Gasteiger partial charge in [-0.3, -0.25) is 4.79 Å². The van der Waals surface area contributed by atoms with Crippen LogP contribution in [0.15, 0.2) is 48.5 Å². The van der Waals surface area contributed by atoms with Crippen LogP contribution in [0.2, 0.25) is 0 Å². The van der Waals surface area contributed by atoms with E-state index in [1.807, 2.05) is 24.3 Å². The highest BCUT2D eigenvalue weighted by Gasteiger charge is 2.07. The average Bonchev–Trinajstić information content (AvgIpc) is 2.53. The Morgan fingerprint density at radius 2 is 1.78 bits per heavy atom. The van der Waals surface area contributed by atoms with Crippen LogP contribution < -0.4 is 16.4 Å². The van der Waals surface area contributed by atoms with E-state index in [1.54, 1.807) is 24.3 Å². The summed E-state index contributed by atoms with van der Waals surface area (Å²) in [6.45, 7) is 4.56. The topological polar surface area (TPSA) is 84.2 Å². The van der Waals surface area contributed by atoms with Crippen LogP contribution in [0.4, 0.5) is 10.5 Å². The van der Waals surface area contributed by atoms with Gasteiger partial charge >= 0.3 is 6.03 Å². The van der Waals surface area contributed by atoms with Crippen LogP contribution in [-0.2, 0) is 6.54 Å². The van der Waals surface area contributed by atoms with E-state index in [2.05, 4.69) is 24.5 Å². The van der Waals surface area contributed by atoms with Crippen molar-refractivity contribution in [2.24, 2.45) is 5.73 Å². The average molecular weight is 311 g/mol. The summed E-state index contributed by atoms with van der Waals surface area (Å²) in [5.41, 5.74) is 8.41. The first-order chi connectivity index (χ1) is 11.0. The molecule has 0 saturated carbocycles. The fourth-order valence-electron chi connectivity index (χ4n) is 2.14. The van der Waals surface area contributed by atoms with Crippen molar-refractivity contribution in [1.82, 2.24) is 5.32 Å². The lowest BCUT2D eigenvalue weighted by atomic mass is 10.0. The maximum Gasteiger partial charge on any atom is 0.312 e. The number of anilines is 1. The molecule has 0 aliphatic carbocycles. The highest BCUT2D eigenvalue weighted by molar-refractivity contribution is 6.04. The van der Waals surface area contributed by atoms with Crippen LogP contribution in [0.5, 0.6) is 0 Å². The second-order valence-electron chi connectivity index (χ2n) is 5.65. The van der Waals surface area contributed by atoms with E-state index < -0.39 is 6.03 Å². The molecule has 5 heteroatoms. The van der Waals surface area contributed by atoms with Gasteiger partial charge in [0.1, 0.15) is 0 Å². The summed E-state index contributed by atoms with van der Waals surface area (Å²) in [6.07, 6.45) is 0. The van der Waals surface area contributed by atoms with Gasteiger partial charge in [-0.15, -0.1) is 0 Å². The predicted octanol–water partition coefficient (Wildman–Crippen LogP) is 3.23. The Labute approximate surface area is 135 Å². The van der Waals surface area contributed by atoms with E-state index in [4.69, 9.17) is 5.73 Å². The van der Waals surface area contributed by atoms with E-state index >= 15 is 0 Å². The third-order valence-corrected chi connectivity index (χ3v) is 3.49. The fraction of sp³-hybridized carbons (Fsp3) is 0.222. The van der Waals surface area contributed by atoms with Gasteiger partial charge < -0.3 is 16.4 Å². The first-order valence-corrected chi connectivity index (χ1v) is 7.49. The first kappa shape index (κ1) is 16.5. The molecule has 2 rings (SSSR count). The minimum Gasteiger partial charge on any atom is -0.352 e. The Balaban J connectivity index is 2.03. The second-order valence-corrected chi connectivity index (χ2v) is 5.65. The van der Waals surface area contributed by atoms with Crippen LogP contribution in [0.25, 0.3) is 0 Å². The summed E-state index contributed by atoms with van der Waals surface area (Å²) in [4.78, 5) is 22.9. The molecule has 23 heavy (non-hydrogen) atoms. The largest absolute Gasteiger partial charge is 0.352 e. The van der Waals surface area contributed by atoms with E-state index in [9.17, 15) is 9.59 Å². The summed E-state index contributed by atoms with van der Waals surface area (Å²) in [5, 5.41) is 5.40. The molecule has 0 aliphatic rings. The van der Waals surface area contributed by atoms with Gasteiger partial charge in [0.2, 0.25) is 0 Å². The molecule has 0 atom stereocenters. The molecule has 0 unspecified atom stereocenters. The predicted molar refractivity (Wildman–Crippen MR) is 91.3 cm³/mol. The molecule has 0 aromatic heterocycles. The van der Waals surface area contributed by atoms with Crippen molar-refractivity contribution in [3.63, 3.8) is 0 Å². The standard InChI is InChI=1S/C18H21N3O2/c1-12(2)15-4-3-5-16(10-15)21-17(22)14-8-6-13(7-9-14)11-20-18(19)23/h3-10,12H,11H2,1-2H3,(H,21,22)(H3,19,20,23). The molecule has 120 valence electrons. The smallest absolute Gasteiger partial charge is 0.312 e. The summed E-state index contributed by atoms with van der Waals surface area (Å²) >= 11 is 0. The maximum absolute atomic E-state index is 12.3. The normalized spacial score (nSPS) is 10.4.